The van der Waals surface area contributed by atoms with Crippen LogP contribution in [0.25, 0.3) is 16.7 Å². The van der Waals surface area contributed by atoms with Crippen LogP contribution in [0.15, 0.2) is 69.3 Å². The van der Waals surface area contributed by atoms with Crippen molar-refractivity contribution in [3.05, 3.63) is 76.6 Å². The maximum Gasteiger partial charge on any atom is 0.0754 e. The number of hydrogen-bond donors (Lipinski definition) is 0. The largest absolute Gasteiger partial charge is 0.297 e. The summed E-state index contributed by atoms with van der Waals surface area (Å²) in [5.74, 6) is 1.47. The number of benzene rings is 2. The first-order chi connectivity index (χ1) is 19.8. The van der Waals surface area contributed by atoms with Gasteiger partial charge in [-0.1, -0.05) is 83.5 Å². The highest BCUT2D eigenvalue weighted by atomic mass is 15.2. The van der Waals surface area contributed by atoms with Crippen molar-refractivity contribution in [3.63, 3.8) is 0 Å². The zero-order valence-electron chi connectivity index (χ0n) is 26.5. The summed E-state index contributed by atoms with van der Waals surface area (Å²) in [6, 6.07) is 13.1. The Morgan fingerprint density at radius 3 is 2.44 bits per heavy atom. The molecule has 0 N–H and O–H groups in total. The van der Waals surface area contributed by atoms with Crippen molar-refractivity contribution in [2.75, 3.05) is 26.2 Å². The minimum Gasteiger partial charge on any atom is -0.297 e. The van der Waals surface area contributed by atoms with Gasteiger partial charge < -0.3 is 0 Å². The van der Waals surface area contributed by atoms with Crippen molar-refractivity contribution in [2.45, 2.75) is 80.1 Å². The fourth-order valence-corrected chi connectivity index (χ4v) is 5.90. The Labute approximate surface area is 250 Å². The first kappa shape index (κ1) is 32.4. The number of aliphatic imine (C=N–C) groups is 3. The molecule has 1 fully saturated rings. The number of allylic oxidation sites excluding steroid dienone is 2. The molecule has 3 rings (SSSR count). The summed E-state index contributed by atoms with van der Waals surface area (Å²) in [4.78, 5) is 16.5. The van der Waals surface area contributed by atoms with Gasteiger partial charge in [-0.3, -0.25) is 19.9 Å². The normalized spacial score (nSPS) is 17.4. The molecule has 1 aliphatic heterocycles. The van der Waals surface area contributed by atoms with Gasteiger partial charge >= 0.3 is 0 Å². The van der Waals surface area contributed by atoms with E-state index in [9.17, 15) is 0 Å². The molecule has 0 aromatic heterocycles. The Morgan fingerprint density at radius 1 is 1.05 bits per heavy atom. The molecule has 2 unspecified atom stereocenters. The van der Waals surface area contributed by atoms with Crippen LogP contribution in [-0.2, 0) is 6.42 Å². The molecule has 1 aliphatic rings. The lowest BCUT2D eigenvalue weighted by molar-refractivity contribution is 0.353. The summed E-state index contributed by atoms with van der Waals surface area (Å²) >= 11 is 0. The van der Waals surface area contributed by atoms with E-state index < -0.39 is 0 Å². The minimum absolute atomic E-state index is 0.722. The fourth-order valence-electron chi connectivity index (χ4n) is 5.90. The van der Waals surface area contributed by atoms with Crippen molar-refractivity contribution >= 4 is 24.7 Å². The minimum atomic E-state index is 0.722. The lowest BCUT2D eigenvalue weighted by atomic mass is 9.89. The number of nitrogens with zero attached hydrogens (tertiary/aromatic N) is 4. The summed E-state index contributed by atoms with van der Waals surface area (Å²) in [6.45, 7) is 25.6. The van der Waals surface area contributed by atoms with E-state index in [0.717, 1.165) is 79.8 Å². The molecule has 220 valence electrons. The molecule has 0 saturated carbocycles. The van der Waals surface area contributed by atoms with E-state index in [2.05, 4.69) is 107 Å². The summed E-state index contributed by atoms with van der Waals surface area (Å²) in [6.07, 6.45) is 10.5. The van der Waals surface area contributed by atoms with Crippen LogP contribution in [0.1, 0.15) is 82.1 Å². The number of likely N-dealkylation sites (tertiary alicyclic amines) is 1. The van der Waals surface area contributed by atoms with Gasteiger partial charge in [0.1, 0.15) is 0 Å². The van der Waals surface area contributed by atoms with Gasteiger partial charge in [0.25, 0.3) is 0 Å². The van der Waals surface area contributed by atoms with Crippen molar-refractivity contribution in [3.8, 4) is 11.1 Å². The smallest absolute Gasteiger partial charge is 0.0754 e. The summed E-state index contributed by atoms with van der Waals surface area (Å²) < 4.78 is 0. The van der Waals surface area contributed by atoms with Crippen LogP contribution in [0.4, 0.5) is 0 Å². The van der Waals surface area contributed by atoms with Gasteiger partial charge in [0.15, 0.2) is 0 Å². The zero-order valence-corrected chi connectivity index (χ0v) is 26.5. The monoisotopic (exact) mass is 552 g/mol. The summed E-state index contributed by atoms with van der Waals surface area (Å²) in [7, 11) is 0. The van der Waals surface area contributed by atoms with Gasteiger partial charge in [-0.05, 0) is 97.2 Å². The molecule has 0 radical (unpaired) electrons. The molecule has 1 saturated heterocycles. The van der Waals surface area contributed by atoms with E-state index >= 15 is 0 Å². The van der Waals surface area contributed by atoms with Crippen LogP contribution in [0.2, 0.25) is 0 Å². The van der Waals surface area contributed by atoms with Gasteiger partial charge in [0.2, 0.25) is 0 Å². The Hall–Kier alpha value is -3.11. The third-order valence-electron chi connectivity index (χ3n) is 8.49. The molecule has 0 aliphatic carbocycles. The highest BCUT2D eigenvalue weighted by Crippen LogP contribution is 2.32. The Balaban J connectivity index is 1.77. The average Bonchev–Trinajstić information content (AvgIpc) is 3.37. The molecule has 2 aromatic carbocycles. The van der Waals surface area contributed by atoms with Gasteiger partial charge in [-0.15, -0.1) is 0 Å². The predicted octanol–water partition coefficient (Wildman–Crippen LogP) is 9.16. The summed E-state index contributed by atoms with van der Waals surface area (Å²) in [5.41, 5.74) is 10.5. The van der Waals surface area contributed by atoms with Gasteiger partial charge in [0.05, 0.1) is 11.4 Å². The number of rotatable bonds is 15. The van der Waals surface area contributed by atoms with Crippen LogP contribution in [0.5, 0.6) is 0 Å². The molecule has 0 spiro atoms. The van der Waals surface area contributed by atoms with Crippen LogP contribution in [0.3, 0.4) is 0 Å². The van der Waals surface area contributed by atoms with Gasteiger partial charge in [0, 0.05) is 38.5 Å². The number of hydrogen-bond acceptors (Lipinski definition) is 4. The van der Waals surface area contributed by atoms with E-state index in [4.69, 9.17) is 9.98 Å². The second-order valence-corrected chi connectivity index (χ2v) is 11.9. The lowest BCUT2D eigenvalue weighted by Crippen LogP contribution is -2.23. The second kappa shape index (κ2) is 16.4. The second-order valence-electron chi connectivity index (χ2n) is 11.9. The maximum absolute atomic E-state index is 4.96. The zero-order chi connectivity index (χ0) is 29.8. The Morgan fingerprint density at radius 2 is 1.78 bits per heavy atom. The molecule has 1 heterocycles. The molecule has 4 nitrogen and oxygen atoms in total. The molecule has 0 bridgehead atoms. The third kappa shape index (κ3) is 9.19. The predicted molar refractivity (Wildman–Crippen MR) is 182 cm³/mol. The van der Waals surface area contributed by atoms with Crippen molar-refractivity contribution in [1.29, 1.82) is 0 Å². The van der Waals surface area contributed by atoms with Crippen LogP contribution in [-0.4, -0.2) is 50.2 Å². The molecule has 0 amide bonds. The molecular weight excluding hydrogens is 500 g/mol. The lowest BCUT2D eigenvalue weighted by Gasteiger charge is -2.17. The van der Waals surface area contributed by atoms with Crippen LogP contribution >= 0.6 is 0 Å². The topological polar surface area (TPSA) is 40.3 Å². The standard InChI is InChI=1S/C37H52N4/c1-9-13-27(3)18-21-39-24-29(5)33-15-12-17-35(31(33)7)34-16-11-14-32(30(34)6)19-22-40-37(36(10-2)38-8)26-41-23-20-28(4)25-41/h11-12,14-17,22,24,27-28H,5,8-10,13,18-21,23,25-26H2,1-4,6-7H3/b37-36-,39-24?,40-22?. The van der Waals surface area contributed by atoms with Crippen molar-refractivity contribution in [2.24, 2.45) is 26.8 Å². The van der Waals surface area contributed by atoms with Crippen LogP contribution < -0.4 is 0 Å². The SMILES string of the molecule is C=N/C(CC)=C(/CN1CCC(C)C1)N=CCc1cccc(-c2cccc(C(=C)C=NCCC(C)CCC)c2C)c1C. The highest BCUT2D eigenvalue weighted by molar-refractivity contribution is 6.09. The van der Waals surface area contributed by atoms with E-state index in [1.54, 1.807) is 0 Å². The first-order valence-corrected chi connectivity index (χ1v) is 15.6. The molecule has 2 atom stereocenters. The Bertz CT molecular complexity index is 1270. The molecule has 4 heteroatoms. The van der Waals surface area contributed by atoms with E-state index in [1.807, 2.05) is 6.21 Å². The first-order valence-electron chi connectivity index (χ1n) is 15.6. The molecular formula is C37H52N4. The fraction of sp³-hybridized carbons (Fsp3) is 0.486. The molecule has 41 heavy (non-hydrogen) atoms. The van der Waals surface area contributed by atoms with E-state index in [0.29, 0.717) is 0 Å². The quantitative estimate of drug-likeness (QED) is 0.203. The highest BCUT2D eigenvalue weighted by Gasteiger charge is 2.20. The summed E-state index contributed by atoms with van der Waals surface area (Å²) in [5, 5.41) is 0. The van der Waals surface area contributed by atoms with E-state index in [-0.39, 0.29) is 0 Å². The van der Waals surface area contributed by atoms with Crippen molar-refractivity contribution in [1.82, 2.24) is 4.90 Å². The average molecular weight is 553 g/mol. The Kier molecular flexibility index (Phi) is 12.9. The van der Waals surface area contributed by atoms with Crippen LogP contribution in [0, 0.1) is 25.7 Å². The maximum atomic E-state index is 4.96. The van der Waals surface area contributed by atoms with Gasteiger partial charge in [-0.25, -0.2) is 0 Å². The molecule has 2 aromatic rings. The van der Waals surface area contributed by atoms with E-state index in [1.165, 1.54) is 47.1 Å². The van der Waals surface area contributed by atoms with Crippen molar-refractivity contribution < 1.29 is 0 Å². The van der Waals surface area contributed by atoms with Gasteiger partial charge in [-0.2, -0.15) is 0 Å². The third-order valence-corrected chi connectivity index (χ3v) is 8.49.